The van der Waals surface area contributed by atoms with Crippen LogP contribution < -0.4 is 10.6 Å². The van der Waals surface area contributed by atoms with E-state index in [1.807, 2.05) is 6.07 Å². The van der Waals surface area contributed by atoms with Crippen molar-refractivity contribution in [3.63, 3.8) is 0 Å². The third-order valence-corrected chi connectivity index (χ3v) is 5.65. The molecule has 0 amide bonds. The number of nitrogens with one attached hydrogen (secondary N) is 2. The molecule has 3 rings (SSSR count). The quantitative estimate of drug-likeness (QED) is 0.605. The molecule has 0 bridgehead atoms. The minimum absolute atomic E-state index is 0.0933. The summed E-state index contributed by atoms with van der Waals surface area (Å²) >= 11 is 0. The van der Waals surface area contributed by atoms with Crippen LogP contribution in [0.15, 0.2) is 48.8 Å². The van der Waals surface area contributed by atoms with Gasteiger partial charge in [-0.25, -0.2) is 9.18 Å². The summed E-state index contributed by atoms with van der Waals surface area (Å²) < 4.78 is 14.1. The van der Waals surface area contributed by atoms with Gasteiger partial charge in [-0.2, -0.15) is 0 Å². The van der Waals surface area contributed by atoms with E-state index >= 15 is 0 Å². The van der Waals surface area contributed by atoms with Crippen LogP contribution in [-0.4, -0.2) is 11.1 Å². The molecular weight excluding hydrogens is 355 g/mol. The molecule has 0 unspecified atom stereocenters. The highest BCUT2D eigenvalue weighted by Crippen LogP contribution is 2.46. The molecule has 0 fully saturated rings. The fraction of sp³-hybridized carbons (Fsp3) is 0.348. The molecule has 0 spiro atoms. The highest BCUT2D eigenvalue weighted by Gasteiger charge is 2.36. The Labute approximate surface area is 165 Å². The lowest BCUT2D eigenvalue weighted by Crippen LogP contribution is -2.33. The zero-order valence-corrected chi connectivity index (χ0v) is 16.8. The van der Waals surface area contributed by atoms with Gasteiger partial charge in [0.25, 0.3) is 0 Å². The van der Waals surface area contributed by atoms with Crippen LogP contribution in [0.3, 0.4) is 0 Å². The average molecular weight is 382 g/mol. The predicted octanol–water partition coefficient (Wildman–Crippen LogP) is 5.87. The lowest BCUT2D eigenvalue weighted by molar-refractivity contribution is 0.0696. The average Bonchev–Trinajstić information content (AvgIpc) is 2.60. The van der Waals surface area contributed by atoms with Crippen molar-refractivity contribution in [3.05, 3.63) is 71.3 Å². The lowest BCUT2D eigenvalue weighted by atomic mass is 9.63. The van der Waals surface area contributed by atoms with Crippen LogP contribution in [0.5, 0.6) is 0 Å². The summed E-state index contributed by atoms with van der Waals surface area (Å²) in [4.78, 5) is 10.9. The molecular formula is C23H27FN2O2. The fourth-order valence-electron chi connectivity index (χ4n) is 3.78. The molecule has 1 aliphatic carbocycles. The summed E-state index contributed by atoms with van der Waals surface area (Å²) in [6.07, 6.45) is 2.27. The van der Waals surface area contributed by atoms with E-state index in [1.54, 1.807) is 0 Å². The number of carboxylic acids is 1. The molecule has 5 heteroatoms. The van der Waals surface area contributed by atoms with E-state index in [-0.39, 0.29) is 22.1 Å². The van der Waals surface area contributed by atoms with Gasteiger partial charge in [0.2, 0.25) is 0 Å². The molecule has 0 atom stereocenters. The first-order valence-corrected chi connectivity index (χ1v) is 9.40. The van der Waals surface area contributed by atoms with Crippen LogP contribution in [0.4, 0.5) is 15.8 Å². The van der Waals surface area contributed by atoms with Gasteiger partial charge in [-0.15, -0.1) is 0 Å². The molecule has 3 N–H and O–H groups in total. The summed E-state index contributed by atoms with van der Waals surface area (Å²) in [7, 11) is 0. The molecule has 148 valence electrons. The third-order valence-electron chi connectivity index (χ3n) is 5.65. The van der Waals surface area contributed by atoms with E-state index < -0.39 is 11.8 Å². The summed E-state index contributed by atoms with van der Waals surface area (Å²) in [5, 5.41) is 15.0. The van der Waals surface area contributed by atoms with Gasteiger partial charge in [-0.05, 0) is 65.1 Å². The number of carbonyl (C=O) groups is 1. The van der Waals surface area contributed by atoms with Gasteiger partial charge in [0.15, 0.2) is 0 Å². The van der Waals surface area contributed by atoms with Gasteiger partial charge in [0.1, 0.15) is 11.6 Å². The van der Waals surface area contributed by atoms with E-state index in [0.717, 1.165) is 24.6 Å². The minimum atomic E-state index is -1.16. The second kappa shape index (κ2) is 6.97. The molecule has 2 aromatic carbocycles. The van der Waals surface area contributed by atoms with Crippen LogP contribution in [0.1, 0.15) is 62.0 Å². The maximum Gasteiger partial charge on any atom is 0.335 e. The maximum atomic E-state index is 14.1. The van der Waals surface area contributed by atoms with E-state index in [2.05, 4.69) is 57.0 Å². The van der Waals surface area contributed by atoms with Gasteiger partial charge in [-0.1, -0.05) is 40.3 Å². The molecule has 28 heavy (non-hydrogen) atoms. The summed E-state index contributed by atoms with van der Waals surface area (Å²) in [5.41, 5.74) is 3.87. The molecule has 0 saturated heterocycles. The number of fused-ring (bicyclic) bond motifs is 1. The molecule has 0 radical (unpaired) electrons. The first kappa shape index (κ1) is 19.9. The van der Waals surface area contributed by atoms with Crippen molar-refractivity contribution in [2.45, 2.75) is 51.4 Å². The molecule has 0 heterocycles. The third kappa shape index (κ3) is 3.88. The van der Waals surface area contributed by atoms with Crippen molar-refractivity contribution in [2.24, 2.45) is 0 Å². The van der Waals surface area contributed by atoms with Crippen LogP contribution in [0.2, 0.25) is 0 Å². The van der Waals surface area contributed by atoms with Crippen molar-refractivity contribution in [3.8, 4) is 0 Å². The van der Waals surface area contributed by atoms with Gasteiger partial charge in [0.05, 0.1) is 11.3 Å². The number of hydrogen-bond acceptors (Lipinski definition) is 3. The molecule has 1 aliphatic rings. The van der Waals surface area contributed by atoms with Crippen LogP contribution >= 0.6 is 0 Å². The highest BCUT2D eigenvalue weighted by molar-refractivity contribution is 5.88. The largest absolute Gasteiger partial charge is 0.478 e. The Morgan fingerprint density at radius 1 is 1.00 bits per heavy atom. The molecule has 0 saturated carbocycles. The predicted molar refractivity (Wildman–Crippen MR) is 111 cm³/mol. The van der Waals surface area contributed by atoms with Crippen molar-refractivity contribution >= 4 is 17.3 Å². The molecule has 2 aromatic rings. The molecule has 0 aromatic heterocycles. The Hall–Kier alpha value is -2.82. The van der Waals surface area contributed by atoms with Crippen molar-refractivity contribution in [2.75, 3.05) is 10.6 Å². The van der Waals surface area contributed by atoms with E-state index in [9.17, 15) is 9.18 Å². The van der Waals surface area contributed by atoms with E-state index in [4.69, 9.17) is 5.11 Å². The highest BCUT2D eigenvalue weighted by atomic mass is 19.1. The number of carboxylic acid groups (broad SMARTS) is 1. The Kier molecular flexibility index (Phi) is 4.96. The van der Waals surface area contributed by atoms with Gasteiger partial charge in [0, 0.05) is 5.69 Å². The van der Waals surface area contributed by atoms with Gasteiger partial charge in [-0.3, -0.25) is 0 Å². The summed E-state index contributed by atoms with van der Waals surface area (Å²) in [6.45, 7) is 13.0. The van der Waals surface area contributed by atoms with E-state index in [1.165, 1.54) is 23.3 Å². The Balaban J connectivity index is 1.79. The monoisotopic (exact) mass is 382 g/mol. The zero-order valence-electron chi connectivity index (χ0n) is 16.8. The van der Waals surface area contributed by atoms with E-state index in [0.29, 0.717) is 5.82 Å². The van der Waals surface area contributed by atoms with Crippen LogP contribution in [0.25, 0.3) is 0 Å². The maximum absolute atomic E-state index is 14.1. The zero-order chi connectivity index (χ0) is 20.7. The van der Waals surface area contributed by atoms with Crippen LogP contribution in [0, 0.1) is 5.82 Å². The second-order valence-electron chi connectivity index (χ2n) is 8.76. The summed E-state index contributed by atoms with van der Waals surface area (Å²) in [6, 6.07) is 10.1. The van der Waals surface area contributed by atoms with Crippen molar-refractivity contribution in [1.82, 2.24) is 0 Å². The number of hydrogen-bond donors (Lipinski definition) is 3. The Morgan fingerprint density at radius 3 is 2.25 bits per heavy atom. The van der Waals surface area contributed by atoms with Crippen molar-refractivity contribution in [1.29, 1.82) is 0 Å². The molecule has 4 nitrogen and oxygen atoms in total. The standard InChI is InChI=1S/C23H27FN2O2/c1-14(26-20-9-6-15(21(27)28)12-19(20)24)25-16-7-8-17-18(13-16)23(4,5)11-10-22(17,2)3/h6-9,12-13,25-26H,1,10-11H2,2-5H3,(H,27,28). The Morgan fingerprint density at radius 2 is 1.64 bits per heavy atom. The summed E-state index contributed by atoms with van der Waals surface area (Å²) in [5.74, 6) is -1.40. The number of aromatic carboxylic acids is 1. The second-order valence-corrected chi connectivity index (χ2v) is 8.76. The fourth-order valence-corrected chi connectivity index (χ4v) is 3.78. The van der Waals surface area contributed by atoms with Crippen LogP contribution in [-0.2, 0) is 10.8 Å². The van der Waals surface area contributed by atoms with Gasteiger partial charge >= 0.3 is 5.97 Å². The number of anilines is 2. The first-order chi connectivity index (χ1) is 13.0. The smallest absolute Gasteiger partial charge is 0.335 e. The van der Waals surface area contributed by atoms with Crippen molar-refractivity contribution < 1.29 is 14.3 Å². The topological polar surface area (TPSA) is 61.4 Å². The van der Waals surface area contributed by atoms with Gasteiger partial charge < -0.3 is 15.7 Å². The Bertz CT molecular complexity index is 948. The number of benzene rings is 2. The minimum Gasteiger partial charge on any atom is -0.478 e. The normalized spacial score (nSPS) is 16.8. The first-order valence-electron chi connectivity index (χ1n) is 9.40. The number of rotatable bonds is 5. The number of halogens is 1. The SMILES string of the molecule is C=C(Nc1ccc2c(c1)C(C)(C)CCC2(C)C)Nc1ccc(C(=O)O)cc1F. The molecule has 0 aliphatic heterocycles. The lowest BCUT2D eigenvalue weighted by Gasteiger charge is -2.42.